The van der Waals surface area contributed by atoms with Gasteiger partial charge in [0.05, 0.1) is 37.4 Å². The highest BCUT2D eigenvalue weighted by Gasteiger charge is 2.25. The standard InChI is InChI=1S/C22H21N3O3S/c1-14-8-9-17-19(12-14)29-22(23-17)25(11-10-24(2)3)20(26)16-13-15-6-4-5-7-18(15)28-21(16)27/h4-9,12-13H,10-11H2,1-3H3/p+1. The van der Waals surface area contributed by atoms with E-state index in [2.05, 4.69) is 11.1 Å². The van der Waals surface area contributed by atoms with Gasteiger partial charge in [-0.25, -0.2) is 9.78 Å². The van der Waals surface area contributed by atoms with E-state index in [0.29, 0.717) is 22.6 Å². The number of anilines is 1. The number of rotatable bonds is 5. The molecule has 29 heavy (non-hydrogen) atoms. The zero-order valence-electron chi connectivity index (χ0n) is 16.6. The summed E-state index contributed by atoms with van der Waals surface area (Å²) in [7, 11) is 4.05. The predicted molar refractivity (Wildman–Crippen MR) is 116 cm³/mol. The molecule has 0 radical (unpaired) electrons. The van der Waals surface area contributed by atoms with Gasteiger partial charge in [0.1, 0.15) is 11.1 Å². The number of hydrogen-bond acceptors (Lipinski definition) is 5. The van der Waals surface area contributed by atoms with E-state index in [9.17, 15) is 9.59 Å². The summed E-state index contributed by atoms with van der Waals surface area (Å²) < 4.78 is 6.39. The molecule has 4 rings (SSSR count). The molecule has 0 saturated heterocycles. The number of carbonyl (C=O) groups is 1. The molecule has 2 aromatic carbocycles. The number of para-hydroxylation sites is 1. The first kappa shape index (κ1) is 19.3. The molecule has 0 aliphatic heterocycles. The third kappa shape index (κ3) is 3.92. The van der Waals surface area contributed by atoms with Crippen molar-refractivity contribution in [2.75, 3.05) is 32.1 Å². The molecule has 0 saturated carbocycles. The molecular weight excluding hydrogens is 386 g/mol. The Morgan fingerprint density at radius 1 is 1.17 bits per heavy atom. The van der Waals surface area contributed by atoms with Gasteiger partial charge in [0, 0.05) is 5.39 Å². The highest BCUT2D eigenvalue weighted by molar-refractivity contribution is 7.22. The third-order valence-electron chi connectivity index (χ3n) is 4.72. The summed E-state index contributed by atoms with van der Waals surface area (Å²) in [5.41, 5.74) is 1.84. The van der Waals surface area contributed by atoms with Crippen molar-refractivity contribution < 1.29 is 14.1 Å². The summed E-state index contributed by atoms with van der Waals surface area (Å²) in [6, 6.07) is 14.8. The molecule has 0 unspecified atom stereocenters. The van der Waals surface area contributed by atoms with Crippen LogP contribution in [-0.2, 0) is 0 Å². The van der Waals surface area contributed by atoms with Gasteiger partial charge in [-0.15, -0.1) is 0 Å². The zero-order chi connectivity index (χ0) is 20.5. The first-order valence-corrected chi connectivity index (χ1v) is 10.2. The van der Waals surface area contributed by atoms with Gasteiger partial charge in [-0.3, -0.25) is 9.69 Å². The molecule has 1 N–H and O–H groups in total. The second-order valence-corrected chi connectivity index (χ2v) is 8.38. The van der Waals surface area contributed by atoms with E-state index in [1.54, 1.807) is 23.1 Å². The molecule has 2 heterocycles. The van der Waals surface area contributed by atoms with Crippen molar-refractivity contribution in [3.8, 4) is 0 Å². The van der Waals surface area contributed by atoms with Gasteiger partial charge in [0.2, 0.25) is 0 Å². The Morgan fingerprint density at radius 3 is 2.76 bits per heavy atom. The van der Waals surface area contributed by atoms with Crippen LogP contribution < -0.4 is 15.4 Å². The fourth-order valence-electron chi connectivity index (χ4n) is 3.11. The van der Waals surface area contributed by atoms with E-state index in [-0.39, 0.29) is 11.5 Å². The van der Waals surface area contributed by atoms with E-state index in [1.807, 2.05) is 45.3 Å². The van der Waals surface area contributed by atoms with E-state index in [4.69, 9.17) is 4.42 Å². The summed E-state index contributed by atoms with van der Waals surface area (Å²) in [5.74, 6) is -0.387. The van der Waals surface area contributed by atoms with Crippen molar-refractivity contribution in [1.82, 2.24) is 4.98 Å². The Hall–Kier alpha value is -3.03. The van der Waals surface area contributed by atoms with Crippen LogP contribution in [0.3, 0.4) is 0 Å². The maximum Gasteiger partial charge on any atom is 0.349 e. The molecule has 0 bridgehead atoms. The molecule has 0 aliphatic rings. The number of carbonyl (C=O) groups excluding carboxylic acids is 1. The second kappa shape index (κ2) is 7.77. The molecule has 0 aliphatic carbocycles. The monoisotopic (exact) mass is 408 g/mol. The van der Waals surface area contributed by atoms with E-state index in [0.717, 1.165) is 22.3 Å². The quantitative estimate of drug-likeness (QED) is 0.515. The number of thiazole rings is 1. The van der Waals surface area contributed by atoms with Crippen LogP contribution in [-0.4, -0.2) is 38.1 Å². The second-order valence-electron chi connectivity index (χ2n) is 7.37. The fourth-order valence-corrected chi connectivity index (χ4v) is 4.20. The number of benzene rings is 2. The first-order chi connectivity index (χ1) is 13.9. The average Bonchev–Trinajstić information content (AvgIpc) is 3.09. The van der Waals surface area contributed by atoms with Gasteiger partial charge >= 0.3 is 5.63 Å². The van der Waals surface area contributed by atoms with E-state index < -0.39 is 5.63 Å². The Bertz CT molecular complexity index is 1260. The molecule has 7 heteroatoms. The summed E-state index contributed by atoms with van der Waals surface area (Å²) in [5, 5.41) is 1.30. The number of aryl methyl sites for hydroxylation is 1. The van der Waals surface area contributed by atoms with Crippen LogP contribution in [0.4, 0.5) is 5.13 Å². The maximum absolute atomic E-state index is 13.4. The predicted octanol–water partition coefficient (Wildman–Crippen LogP) is 2.50. The van der Waals surface area contributed by atoms with Crippen LogP contribution in [0.1, 0.15) is 15.9 Å². The Kier molecular flexibility index (Phi) is 5.17. The maximum atomic E-state index is 13.4. The van der Waals surface area contributed by atoms with Crippen molar-refractivity contribution in [3.63, 3.8) is 0 Å². The van der Waals surface area contributed by atoms with Gasteiger partial charge in [-0.1, -0.05) is 35.6 Å². The van der Waals surface area contributed by atoms with Gasteiger partial charge in [-0.05, 0) is 36.8 Å². The SMILES string of the molecule is Cc1ccc2nc(N(CC[NH+](C)C)C(=O)c3cc4ccccc4oc3=O)sc2c1. The molecule has 0 fully saturated rings. The Morgan fingerprint density at radius 2 is 1.97 bits per heavy atom. The van der Waals surface area contributed by atoms with Crippen LogP contribution in [0.5, 0.6) is 0 Å². The lowest BCUT2D eigenvalue weighted by atomic mass is 10.1. The number of nitrogens with zero attached hydrogens (tertiary/aromatic N) is 2. The van der Waals surface area contributed by atoms with Gasteiger partial charge in [-0.2, -0.15) is 0 Å². The first-order valence-electron chi connectivity index (χ1n) is 9.43. The molecule has 2 aromatic heterocycles. The summed E-state index contributed by atoms with van der Waals surface area (Å²) >= 11 is 1.46. The molecular formula is C22H22N3O3S+. The normalized spacial score (nSPS) is 11.4. The van der Waals surface area contributed by atoms with E-state index in [1.165, 1.54) is 16.2 Å². The number of likely N-dealkylation sites (N-methyl/N-ethyl adjacent to an activating group) is 1. The minimum absolute atomic E-state index is 0.0212. The fraction of sp³-hybridized carbons (Fsp3) is 0.227. The summed E-state index contributed by atoms with van der Waals surface area (Å²) in [6.45, 7) is 3.20. The topological polar surface area (TPSA) is 67.8 Å². The lowest BCUT2D eigenvalue weighted by Crippen LogP contribution is -3.06. The zero-order valence-corrected chi connectivity index (χ0v) is 17.4. The van der Waals surface area contributed by atoms with Gasteiger partial charge in [0.15, 0.2) is 5.13 Å². The molecule has 6 nitrogen and oxygen atoms in total. The largest absolute Gasteiger partial charge is 0.422 e. The van der Waals surface area contributed by atoms with Crippen molar-refractivity contribution in [1.29, 1.82) is 0 Å². The highest BCUT2D eigenvalue weighted by atomic mass is 32.1. The molecule has 0 spiro atoms. The lowest BCUT2D eigenvalue weighted by Gasteiger charge is -2.20. The molecule has 148 valence electrons. The van der Waals surface area contributed by atoms with Crippen molar-refractivity contribution >= 4 is 43.6 Å². The number of hydrogen-bond donors (Lipinski definition) is 1. The van der Waals surface area contributed by atoms with Gasteiger partial charge in [0.25, 0.3) is 5.91 Å². The molecule has 0 atom stereocenters. The average molecular weight is 409 g/mol. The van der Waals surface area contributed by atoms with Crippen molar-refractivity contribution in [3.05, 3.63) is 70.1 Å². The Labute approximate surface area is 172 Å². The van der Waals surface area contributed by atoms with Crippen LogP contribution in [0.15, 0.2) is 57.7 Å². The number of amides is 1. The smallest absolute Gasteiger partial charge is 0.349 e. The minimum atomic E-state index is -0.632. The summed E-state index contributed by atoms with van der Waals surface area (Å²) in [6.07, 6.45) is 0. The number of fused-ring (bicyclic) bond motifs is 2. The van der Waals surface area contributed by atoms with Crippen LogP contribution in [0, 0.1) is 6.92 Å². The minimum Gasteiger partial charge on any atom is -0.422 e. The molecule has 1 amide bonds. The number of nitrogens with one attached hydrogen (secondary N) is 1. The van der Waals surface area contributed by atoms with Crippen LogP contribution in [0.2, 0.25) is 0 Å². The lowest BCUT2D eigenvalue weighted by molar-refractivity contribution is -0.856. The van der Waals surface area contributed by atoms with Gasteiger partial charge < -0.3 is 9.32 Å². The van der Waals surface area contributed by atoms with Crippen molar-refractivity contribution in [2.24, 2.45) is 0 Å². The van der Waals surface area contributed by atoms with Crippen LogP contribution in [0.25, 0.3) is 21.2 Å². The van der Waals surface area contributed by atoms with Crippen molar-refractivity contribution in [2.45, 2.75) is 6.92 Å². The molecule has 4 aromatic rings. The van der Waals surface area contributed by atoms with Crippen LogP contribution >= 0.6 is 11.3 Å². The Balaban J connectivity index is 1.79. The van der Waals surface area contributed by atoms with E-state index >= 15 is 0 Å². The number of aromatic nitrogens is 1. The summed E-state index contributed by atoms with van der Waals surface area (Å²) in [4.78, 5) is 33.4. The number of quaternary nitrogens is 1. The highest BCUT2D eigenvalue weighted by Crippen LogP contribution is 2.30. The third-order valence-corrected chi connectivity index (χ3v) is 5.76.